The number of pyridine rings is 1. The molecule has 0 radical (unpaired) electrons. The molecule has 17 heavy (non-hydrogen) atoms. The van der Waals surface area contributed by atoms with E-state index in [4.69, 9.17) is 0 Å². The Balaban J connectivity index is 2.67. The minimum Gasteiger partial charge on any atom is -0.355 e. The maximum Gasteiger partial charge on any atom is 0.255 e. The smallest absolute Gasteiger partial charge is 0.255 e. The minimum atomic E-state index is -0.715. The summed E-state index contributed by atoms with van der Waals surface area (Å²) in [5.41, 5.74) is -0.129. The molecular formula is C11H14FN3O2. The highest BCUT2D eigenvalue weighted by Gasteiger charge is 2.17. The summed E-state index contributed by atoms with van der Waals surface area (Å²) in [5, 5.41) is 4.96. The monoisotopic (exact) mass is 239 g/mol. The van der Waals surface area contributed by atoms with E-state index in [0.29, 0.717) is 6.54 Å². The second-order valence-electron chi connectivity index (χ2n) is 3.45. The first-order valence-corrected chi connectivity index (χ1v) is 5.24. The molecule has 2 N–H and O–H groups in total. The Bertz CT molecular complexity index is 423. The van der Waals surface area contributed by atoms with Gasteiger partial charge in [-0.3, -0.25) is 14.6 Å². The van der Waals surface area contributed by atoms with Gasteiger partial charge in [0, 0.05) is 12.7 Å². The summed E-state index contributed by atoms with van der Waals surface area (Å²) < 4.78 is 13.2. The third-order valence-electron chi connectivity index (χ3n) is 2.11. The molecule has 1 unspecified atom stereocenters. The lowest BCUT2D eigenvalue weighted by Gasteiger charge is -2.13. The number of halogens is 1. The normalized spacial score (nSPS) is 11.7. The summed E-state index contributed by atoms with van der Waals surface area (Å²) in [6.07, 6.45) is 2.26. The van der Waals surface area contributed by atoms with Crippen molar-refractivity contribution in [2.75, 3.05) is 6.54 Å². The van der Waals surface area contributed by atoms with Crippen molar-refractivity contribution < 1.29 is 14.0 Å². The van der Waals surface area contributed by atoms with Crippen LogP contribution in [-0.2, 0) is 4.79 Å². The second-order valence-corrected chi connectivity index (χ2v) is 3.45. The van der Waals surface area contributed by atoms with Gasteiger partial charge in [-0.05, 0) is 19.9 Å². The molecule has 0 spiro atoms. The summed E-state index contributed by atoms with van der Waals surface area (Å²) in [6, 6.07) is 0.546. The summed E-state index contributed by atoms with van der Waals surface area (Å²) >= 11 is 0. The Morgan fingerprint density at radius 2 is 2.24 bits per heavy atom. The second kappa shape index (κ2) is 5.93. The van der Waals surface area contributed by atoms with Crippen molar-refractivity contribution in [3.05, 3.63) is 29.8 Å². The first-order chi connectivity index (χ1) is 8.06. The molecule has 5 nitrogen and oxygen atoms in total. The van der Waals surface area contributed by atoms with Gasteiger partial charge in [-0.25, -0.2) is 4.39 Å². The topological polar surface area (TPSA) is 71.1 Å². The molecule has 0 bridgehead atoms. The molecule has 0 saturated carbocycles. The molecule has 0 aliphatic carbocycles. The van der Waals surface area contributed by atoms with Gasteiger partial charge in [-0.2, -0.15) is 0 Å². The fraction of sp³-hybridized carbons (Fsp3) is 0.364. The Morgan fingerprint density at radius 1 is 1.53 bits per heavy atom. The third kappa shape index (κ3) is 3.51. The molecule has 1 aromatic heterocycles. The lowest BCUT2D eigenvalue weighted by Crippen LogP contribution is -2.44. The highest BCUT2D eigenvalue weighted by Crippen LogP contribution is 2.04. The maximum absolute atomic E-state index is 13.2. The van der Waals surface area contributed by atoms with Crippen LogP contribution in [0.5, 0.6) is 0 Å². The quantitative estimate of drug-likeness (QED) is 0.802. The van der Waals surface area contributed by atoms with Gasteiger partial charge in [0.05, 0.1) is 11.8 Å². The maximum atomic E-state index is 13.2. The number of nitrogens with zero attached hydrogens (tertiary/aromatic N) is 1. The number of amides is 2. The Hall–Kier alpha value is -1.98. The van der Waals surface area contributed by atoms with Crippen LogP contribution in [0.15, 0.2) is 18.5 Å². The molecule has 1 atom stereocenters. The van der Waals surface area contributed by atoms with Crippen LogP contribution in [-0.4, -0.2) is 29.4 Å². The predicted molar refractivity (Wildman–Crippen MR) is 59.8 cm³/mol. The number of nitrogens with one attached hydrogen (secondary N) is 2. The standard InChI is InChI=1S/C11H14FN3O2/c1-3-14-10(16)7(2)15-11(17)8-4-5-13-6-9(8)12/h4-7H,3H2,1-2H3,(H,14,16)(H,15,17). The van der Waals surface area contributed by atoms with Crippen molar-refractivity contribution in [1.29, 1.82) is 0 Å². The lowest BCUT2D eigenvalue weighted by molar-refractivity contribution is -0.122. The zero-order chi connectivity index (χ0) is 12.8. The predicted octanol–water partition coefficient (Wildman–Crippen LogP) is 0.475. The first-order valence-electron chi connectivity index (χ1n) is 5.24. The van der Waals surface area contributed by atoms with E-state index >= 15 is 0 Å². The van der Waals surface area contributed by atoms with Gasteiger partial charge in [0.15, 0.2) is 5.82 Å². The summed E-state index contributed by atoms with van der Waals surface area (Å²) in [7, 11) is 0. The molecule has 2 amide bonds. The van der Waals surface area contributed by atoms with Crippen molar-refractivity contribution in [3.8, 4) is 0 Å². The Morgan fingerprint density at radius 3 is 2.82 bits per heavy atom. The number of hydrogen-bond acceptors (Lipinski definition) is 3. The van der Waals surface area contributed by atoms with Crippen LogP contribution in [0, 0.1) is 5.82 Å². The van der Waals surface area contributed by atoms with E-state index < -0.39 is 17.8 Å². The van der Waals surface area contributed by atoms with E-state index in [2.05, 4.69) is 15.6 Å². The number of carbonyl (C=O) groups is 2. The van der Waals surface area contributed by atoms with Gasteiger partial charge < -0.3 is 10.6 Å². The van der Waals surface area contributed by atoms with Crippen LogP contribution in [0.3, 0.4) is 0 Å². The summed E-state index contributed by atoms with van der Waals surface area (Å²) in [5.74, 6) is -1.66. The van der Waals surface area contributed by atoms with E-state index in [9.17, 15) is 14.0 Å². The van der Waals surface area contributed by atoms with Crippen molar-refractivity contribution in [2.45, 2.75) is 19.9 Å². The van der Waals surface area contributed by atoms with Gasteiger partial charge in [0.25, 0.3) is 5.91 Å². The van der Waals surface area contributed by atoms with Crippen molar-refractivity contribution in [2.24, 2.45) is 0 Å². The zero-order valence-electron chi connectivity index (χ0n) is 9.66. The van der Waals surface area contributed by atoms with Gasteiger partial charge in [0.1, 0.15) is 6.04 Å². The SMILES string of the molecule is CCNC(=O)C(C)NC(=O)c1ccncc1F. The van der Waals surface area contributed by atoms with Crippen LogP contribution in [0.2, 0.25) is 0 Å². The molecule has 0 fully saturated rings. The minimum absolute atomic E-state index is 0.129. The van der Waals surface area contributed by atoms with Gasteiger partial charge in [0.2, 0.25) is 5.91 Å². The Labute approximate surface area is 98.4 Å². The van der Waals surface area contributed by atoms with Crippen LogP contribution >= 0.6 is 0 Å². The molecule has 0 aromatic carbocycles. The van der Waals surface area contributed by atoms with E-state index in [0.717, 1.165) is 6.20 Å². The summed E-state index contributed by atoms with van der Waals surface area (Å²) in [4.78, 5) is 26.5. The molecule has 0 saturated heterocycles. The molecule has 1 rings (SSSR count). The van der Waals surface area contributed by atoms with E-state index in [-0.39, 0.29) is 11.5 Å². The average molecular weight is 239 g/mol. The van der Waals surface area contributed by atoms with Gasteiger partial charge >= 0.3 is 0 Å². The molecular weight excluding hydrogens is 225 g/mol. The highest BCUT2D eigenvalue weighted by atomic mass is 19.1. The number of rotatable bonds is 4. The Kier molecular flexibility index (Phi) is 4.56. The molecule has 0 aliphatic rings. The number of hydrogen-bond donors (Lipinski definition) is 2. The van der Waals surface area contributed by atoms with Crippen molar-refractivity contribution in [3.63, 3.8) is 0 Å². The zero-order valence-corrected chi connectivity index (χ0v) is 9.66. The van der Waals surface area contributed by atoms with Crippen molar-refractivity contribution in [1.82, 2.24) is 15.6 Å². The van der Waals surface area contributed by atoms with Crippen LogP contribution in [0.4, 0.5) is 4.39 Å². The van der Waals surface area contributed by atoms with Crippen LogP contribution in [0.1, 0.15) is 24.2 Å². The van der Waals surface area contributed by atoms with Crippen LogP contribution in [0.25, 0.3) is 0 Å². The molecule has 1 heterocycles. The molecule has 92 valence electrons. The molecule has 6 heteroatoms. The van der Waals surface area contributed by atoms with E-state index in [1.807, 2.05) is 0 Å². The average Bonchev–Trinajstić information content (AvgIpc) is 2.29. The van der Waals surface area contributed by atoms with Crippen LogP contribution < -0.4 is 10.6 Å². The number of likely N-dealkylation sites (N-methyl/N-ethyl adjacent to an activating group) is 1. The van der Waals surface area contributed by atoms with E-state index in [1.54, 1.807) is 6.92 Å². The fourth-order valence-electron chi connectivity index (χ4n) is 1.23. The van der Waals surface area contributed by atoms with Gasteiger partial charge in [-0.1, -0.05) is 0 Å². The number of carbonyl (C=O) groups excluding carboxylic acids is 2. The largest absolute Gasteiger partial charge is 0.355 e. The molecule has 0 aliphatic heterocycles. The lowest BCUT2D eigenvalue weighted by atomic mass is 10.2. The van der Waals surface area contributed by atoms with E-state index in [1.165, 1.54) is 19.2 Å². The third-order valence-corrected chi connectivity index (χ3v) is 2.11. The molecule has 1 aromatic rings. The van der Waals surface area contributed by atoms with Gasteiger partial charge in [-0.15, -0.1) is 0 Å². The summed E-state index contributed by atoms with van der Waals surface area (Å²) in [6.45, 7) is 3.78. The number of aromatic nitrogens is 1. The van der Waals surface area contributed by atoms with Crippen molar-refractivity contribution >= 4 is 11.8 Å². The highest BCUT2D eigenvalue weighted by molar-refractivity contribution is 5.97. The first kappa shape index (κ1) is 13.1. The fourth-order valence-corrected chi connectivity index (χ4v) is 1.23.